The van der Waals surface area contributed by atoms with E-state index in [4.69, 9.17) is 27.7 Å². The van der Waals surface area contributed by atoms with Crippen molar-refractivity contribution >= 4 is 47.4 Å². The summed E-state index contributed by atoms with van der Waals surface area (Å²) in [4.78, 5) is 10.4. The van der Waals surface area contributed by atoms with Crippen LogP contribution in [-0.4, -0.2) is 15.9 Å². The molecule has 1 aromatic heterocycles. The largest absolute Gasteiger partial charge is 0.356 e. The molecule has 0 fully saturated rings. The number of amides is 1. The van der Waals surface area contributed by atoms with E-state index >= 15 is 0 Å². The SMILES string of the molecule is O=C(Nc1cccc(-c2cc(-c3c(F)cccc3CS)no2)c1)C(Cl)Cl. The van der Waals surface area contributed by atoms with Crippen molar-refractivity contribution in [2.75, 3.05) is 5.32 Å². The number of hydrogen-bond donors (Lipinski definition) is 2. The van der Waals surface area contributed by atoms with Gasteiger partial charge >= 0.3 is 0 Å². The molecule has 0 spiro atoms. The van der Waals surface area contributed by atoms with Gasteiger partial charge in [-0.2, -0.15) is 12.6 Å². The minimum atomic E-state index is -1.17. The minimum Gasteiger partial charge on any atom is -0.356 e. The Morgan fingerprint density at radius 3 is 2.73 bits per heavy atom. The Morgan fingerprint density at radius 1 is 1.23 bits per heavy atom. The summed E-state index contributed by atoms with van der Waals surface area (Å²) >= 11 is 15.3. The second-order valence-electron chi connectivity index (χ2n) is 5.38. The van der Waals surface area contributed by atoms with Crippen LogP contribution in [0, 0.1) is 5.82 Å². The zero-order valence-electron chi connectivity index (χ0n) is 13.2. The highest BCUT2D eigenvalue weighted by molar-refractivity contribution is 7.79. The number of nitrogens with zero attached hydrogens (tertiary/aromatic N) is 1. The van der Waals surface area contributed by atoms with Crippen molar-refractivity contribution in [2.45, 2.75) is 10.6 Å². The predicted octanol–water partition coefficient (Wildman–Crippen LogP) is 5.32. The highest BCUT2D eigenvalue weighted by Gasteiger charge is 2.16. The molecule has 0 aliphatic carbocycles. The van der Waals surface area contributed by atoms with Gasteiger partial charge in [0.05, 0.1) is 0 Å². The second-order valence-corrected chi connectivity index (χ2v) is 6.79. The first-order chi connectivity index (χ1) is 12.5. The van der Waals surface area contributed by atoms with Crippen molar-refractivity contribution in [3.63, 3.8) is 0 Å². The maximum Gasteiger partial charge on any atom is 0.257 e. The molecule has 8 heteroatoms. The average Bonchev–Trinajstić information content (AvgIpc) is 3.11. The summed E-state index contributed by atoms with van der Waals surface area (Å²) in [5.74, 6) is -0.131. The molecule has 3 rings (SSSR count). The lowest BCUT2D eigenvalue weighted by Gasteiger charge is -2.06. The summed E-state index contributed by atoms with van der Waals surface area (Å²) < 4.78 is 19.6. The van der Waals surface area contributed by atoms with Gasteiger partial charge in [0.25, 0.3) is 5.91 Å². The first kappa shape index (κ1) is 18.8. The van der Waals surface area contributed by atoms with E-state index in [0.717, 1.165) is 0 Å². The van der Waals surface area contributed by atoms with E-state index < -0.39 is 16.6 Å². The Morgan fingerprint density at radius 2 is 2.00 bits per heavy atom. The van der Waals surface area contributed by atoms with E-state index in [1.807, 2.05) is 0 Å². The Hall–Kier alpha value is -2.02. The third-order valence-corrected chi connectivity index (χ3v) is 4.39. The number of carbonyl (C=O) groups excluding carboxylic acids is 1. The van der Waals surface area contributed by atoms with E-state index in [1.165, 1.54) is 6.07 Å². The fraction of sp³-hybridized carbons (Fsp3) is 0.111. The number of alkyl halides is 2. The number of carbonyl (C=O) groups is 1. The van der Waals surface area contributed by atoms with E-state index in [-0.39, 0.29) is 0 Å². The van der Waals surface area contributed by atoms with Crippen LogP contribution in [0.15, 0.2) is 53.1 Å². The van der Waals surface area contributed by atoms with E-state index in [0.29, 0.717) is 39.6 Å². The number of benzene rings is 2. The van der Waals surface area contributed by atoms with E-state index in [9.17, 15) is 9.18 Å². The molecular weight excluding hydrogens is 398 g/mol. The van der Waals surface area contributed by atoms with Crippen LogP contribution in [0.3, 0.4) is 0 Å². The van der Waals surface area contributed by atoms with Gasteiger partial charge in [-0.15, -0.1) is 0 Å². The number of halogens is 3. The summed E-state index contributed by atoms with van der Waals surface area (Å²) in [7, 11) is 0. The van der Waals surface area contributed by atoms with Crippen LogP contribution in [0.5, 0.6) is 0 Å². The lowest BCUT2D eigenvalue weighted by molar-refractivity contribution is -0.114. The van der Waals surface area contributed by atoms with Crippen LogP contribution in [0.2, 0.25) is 0 Å². The molecule has 1 N–H and O–H groups in total. The molecule has 0 saturated heterocycles. The number of nitrogens with one attached hydrogen (secondary N) is 1. The first-order valence-electron chi connectivity index (χ1n) is 7.54. The highest BCUT2D eigenvalue weighted by Crippen LogP contribution is 2.31. The lowest BCUT2D eigenvalue weighted by atomic mass is 10.0. The molecule has 0 atom stereocenters. The van der Waals surface area contributed by atoms with Gasteiger partial charge < -0.3 is 9.84 Å². The minimum absolute atomic E-state index is 0.356. The molecule has 4 nitrogen and oxygen atoms in total. The van der Waals surface area contributed by atoms with Crippen LogP contribution in [0.25, 0.3) is 22.6 Å². The molecule has 0 radical (unpaired) electrons. The Balaban J connectivity index is 1.93. The maximum absolute atomic E-state index is 14.2. The van der Waals surface area contributed by atoms with Crippen LogP contribution >= 0.6 is 35.8 Å². The van der Waals surface area contributed by atoms with Crippen LogP contribution in [0.4, 0.5) is 10.1 Å². The zero-order chi connectivity index (χ0) is 18.7. The normalized spacial score (nSPS) is 11.0. The standard InChI is InChI=1S/C18H13Cl2FN2O2S/c19-17(20)18(24)22-12-5-1-3-10(7-12)15-8-14(23-25-15)16-11(9-26)4-2-6-13(16)21/h1-8,17,26H,9H2,(H,22,24). The Bertz CT molecular complexity index is 946. The summed E-state index contributed by atoms with van der Waals surface area (Å²) in [5.41, 5.74) is 2.60. The third-order valence-electron chi connectivity index (χ3n) is 3.65. The Kier molecular flexibility index (Phi) is 5.86. The van der Waals surface area contributed by atoms with Crippen molar-refractivity contribution in [3.8, 4) is 22.6 Å². The molecule has 0 unspecified atom stereocenters. The summed E-state index contributed by atoms with van der Waals surface area (Å²) in [6, 6.07) is 13.3. The molecule has 26 heavy (non-hydrogen) atoms. The van der Waals surface area contributed by atoms with Gasteiger partial charge in [-0.05, 0) is 23.8 Å². The van der Waals surface area contributed by atoms with Gasteiger partial charge in [0.1, 0.15) is 11.5 Å². The monoisotopic (exact) mass is 410 g/mol. The van der Waals surface area contributed by atoms with Crippen molar-refractivity contribution in [2.24, 2.45) is 0 Å². The molecule has 3 aromatic rings. The summed E-state index contributed by atoms with van der Waals surface area (Å²) in [6.07, 6.45) is 0. The number of rotatable bonds is 5. The molecule has 0 saturated carbocycles. The van der Waals surface area contributed by atoms with Crippen molar-refractivity contribution in [3.05, 3.63) is 59.9 Å². The fourth-order valence-corrected chi connectivity index (χ4v) is 2.84. The van der Waals surface area contributed by atoms with E-state index in [1.54, 1.807) is 42.5 Å². The molecular formula is C18H13Cl2FN2O2S. The van der Waals surface area contributed by atoms with Crippen molar-refractivity contribution < 1.29 is 13.7 Å². The molecule has 0 aliphatic heterocycles. The van der Waals surface area contributed by atoms with Gasteiger partial charge in [0.15, 0.2) is 10.6 Å². The van der Waals surface area contributed by atoms with Crippen LogP contribution in [-0.2, 0) is 10.5 Å². The van der Waals surface area contributed by atoms with Gasteiger partial charge in [-0.1, -0.05) is 52.6 Å². The molecule has 2 aromatic carbocycles. The molecule has 1 heterocycles. The molecule has 0 aliphatic rings. The molecule has 134 valence electrons. The molecule has 1 amide bonds. The van der Waals surface area contributed by atoms with E-state index in [2.05, 4.69) is 23.1 Å². The van der Waals surface area contributed by atoms with Gasteiger partial charge in [0, 0.05) is 28.6 Å². The number of hydrogen-bond acceptors (Lipinski definition) is 4. The number of aromatic nitrogens is 1. The van der Waals surface area contributed by atoms with Gasteiger partial charge in [-0.25, -0.2) is 4.39 Å². The van der Waals surface area contributed by atoms with Gasteiger partial charge in [-0.3, -0.25) is 4.79 Å². The highest BCUT2D eigenvalue weighted by atomic mass is 35.5. The topological polar surface area (TPSA) is 55.1 Å². The summed E-state index contributed by atoms with van der Waals surface area (Å²) in [6.45, 7) is 0. The van der Waals surface area contributed by atoms with Crippen LogP contribution in [0.1, 0.15) is 5.56 Å². The Labute approximate surface area is 164 Å². The van der Waals surface area contributed by atoms with Crippen LogP contribution < -0.4 is 5.32 Å². The number of thiol groups is 1. The smallest absolute Gasteiger partial charge is 0.257 e. The third kappa shape index (κ3) is 4.03. The second kappa shape index (κ2) is 8.12. The van der Waals surface area contributed by atoms with Crippen molar-refractivity contribution in [1.29, 1.82) is 0 Å². The summed E-state index contributed by atoms with van der Waals surface area (Å²) in [5, 5.41) is 6.55. The average molecular weight is 411 g/mol. The first-order valence-corrected chi connectivity index (χ1v) is 9.05. The maximum atomic E-state index is 14.2. The zero-order valence-corrected chi connectivity index (χ0v) is 15.7. The van der Waals surface area contributed by atoms with Crippen molar-refractivity contribution in [1.82, 2.24) is 5.16 Å². The fourth-order valence-electron chi connectivity index (χ4n) is 2.46. The quantitative estimate of drug-likeness (QED) is 0.441. The van der Waals surface area contributed by atoms with Gasteiger partial charge in [0.2, 0.25) is 0 Å². The predicted molar refractivity (Wildman–Crippen MR) is 104 cm³/mol. The molecule has 0 bridgehead atoms. The lowest BCUT2D eigenvalue weighted by Crippen LogP contribution is -2.18. The number of anilines is 1.